The van der Waals surface area contributed by atoms with Crippen LogP contribution in [0.3, 0.4) is 0 Å². The lowest BCUT2D eigenvalue weighted by molar-refractivity contribution is -0.148. The van der Waals surface area contributed by atoms with E-state index in [0.717, 1.165) is 47.8 Å². The summed E-state index contributed by atoms with van der Waals surface area (Å²) in [6.45, 7) is 14.8. The van der Waals surface area contributed by atoms with Crippen molar-refractivity contribution in [1.29, 1.82) is 0 Å². The molecular formula is C28H48O. The van der Waals surface area contributed by atoms with Crippen LogP contribution < -0.4 is 0 Å². The minimum absolute atomic E-state index is 0.0483. The summed E-state index contributed by atoms with van der Waals surface area (Å²) < 4.78 is 0. The Balaban J connectivity index is 1.51. The van der Waals surface area contributed by atoms with Crippen molar-refractivity contribution in [2.75, 3.05) is 0 Å². The van der Waals surface area contributed by atoms with E-state index in [4.69, 9.17) is 0 Å². The summed E-state index contributed by atoms with van der Waals surface area (Å²) in [5, 5.41) is 10.5. The van der Waals surface area contributed by atoms with Crippen LogP contribution in [0.4, 0.5) is 0 Å². The SMILES string of the molecule is CC(C)CC=C[C@@H](C)[C@H]1CC[C@H]2[C@@H]3CC[C@H]4[C@H](C)[C@@H](O)CC[C@]4(C)[C@H]3CC[C@]12C. The number of fused-ring (bicyclic) bond motifs is 5. The van der Waals surface area contributed by atoms with E-state index in [1.54, 1.807) is 0 Å². The quantitative estimate of drug-likeness (QED) is 0.485. The van der Waals surface area contributed by atoms with E-state index in [9.17, 15) is 5.11 Å². The van der Waals surface area contributed by atoms with Gasteiger partial charge in [0.2, 0.25) is 0 Å². The Bertz CT molecular complexity index is 607. The highest BCUT2D eigenvalue weighted by molar-refractivity contribution is 5.11. The highest BCUT2D eigenvalue weighted by Crippen LogP contribution is 2.68. The summed E-state index contributed by atoms with van der Waals surface area (Å²) in [5.74, 6) is 6.47. The van der Waals surface area contributed by atoms with Crippen LogP contribution in [0.5, 0.6) is 0 Å². The van der Waals surface area contributed by atoms with Crippen LogP contribution in [0.1, 0.15) is 99.3 Å². The zero-order valence-electron chi connectivity index (χ0n) is 20.2. The third kappa shape index (κ3) is 3.56. The second kappa shape index (κ2) is 7.99. The molecule has 166 valence electrons. The van der Waals surface area contributed by atoms with Crippen LogP contribution in [-0.2, 0) is 0 Å². The summed E-state index contributed by atoms with van der Waals surface area (Å²) in [7, 11) is 0. The lowest BCUT2D eigenvalue weighted by atomic mass is 9.43. The molecule has 0 spiro atoms. The Morgan fingerprint density at radius 1 is 0.862 bits per heavy atom. The molecule has 0 aliphatic heterocycles. The van der Waals surface area contributed by atoms with Gasteiger partial charge in [0, 0.05) is 0 Å². The molecule has 0 bridgehead atoms. The van der Waals surface area contributed by atoms with Gasteiger partial charge in [-0.15, -0.1) is 0 Å². The molecule has 1 nitrogen and oxygen atoms in total. The standard InChI is InChI=1S/C28H48O/c1-18(2)8-7-9-19(3)22-12-13-24-21-10-11-23-20(4)26(29)15-17-28(23,6)25(21)14-16-27(22,24)5/h7,9,18-26,29H,8,10-17H2,1-6H3/t19-,20+,21+,22-,23+,24+,25+,26+,27-,28+/m1/s1. The predicted octanol–water partition coefficient (Wildman–Crippen LogP) is 7.49. The second-order valence-corrected chi connectivity index (χ2v) is 12.7. The first-order chi connectivity index (χ1) is 13.7. The van der Waals surface area contributed by atoms with E-state index in [1.807, 2.05) is 0 Å². The zero-order valence-corrected chi connectivity index (χ0v) is 20.2. The zero-order chi connectivity index (χ0) is 21.0. The molecule has 0 amide bonds. The largest absolute Gasteiger partial charge is 0.393 e. The van der Waals surface area contributed by atoms with Gasteiger partial charge in [-0.2, -0.15) is 0 Å². The molecule has 0 saturated heterocycles. The average molecular weight is 401 g/mol. The number of allylic oxidation sites excluding steroid dienone is 2. The van der Waals surface area contributed by atoms with Gasteiger partial charge in [-0.3, -0.25) is 0 Å². The van der Waals surface area contributed by atoms with Gasteiger partial charge >= 0.3 is 0 Å². The first-order valence-corrected chi connectivity index (χ1v) is 13.0. The van der Waals surface area contributed by atoms with E-state index < -0.39 is 0 Å². The van der Waals surface area contributed by atoms with Crippen molar-refractivity contribution >= 4 is 0 Å². The summed E-state index contributed by atoms with van der Waals surface area (Å²) in [5.41, 5.74) is 1.05. The van der Waals surface area contributed by atoms with Gasteiger partial charge in [-0.25, -0.2) is 0 Å². The van der Waals surface area contributed by atoms with Crippen LogP contribution >= 0.6 is 0 Å². The van der Waals surface area contributed by atoms with Crippen molar-refractivity contribution in [3.63, 3.8) is 0 Å². The molecule has 0 aromatic heterocycles. The van der Waals surface area contributed by atoms with E-state index in [-0.39, 0.29) is 6.10 Å². The van der Waals surface area contributed by atoms with Gasteiger partial charge in [-0.05, 0) is 116 Å². The van der Waals surface area contributed by atoms with E-state index in [0.29, 0.717) is 16.7 Å². The minimum Gasteiger partial charge on any atom is -0.393 e. The molecule has 0 radical (unpaired) electrons. The number of hydrogen-bond donors (Lipinski definition) is 1. The fourth-order valence-corrected chi connectivity index (χ4v) is 9.31. The summed E-state index contributed by atoms with van der Waals surface area (Å²) in [4.78, 5) is 0. The monoisotopic (exact) mass is 400 g/mol. The Kier molecular flexibility index (Phi) is 6.04. The van der Waals surface area contributed by atoms with Gasteiger partial charge in [0.1, 0.15) is 0 Å². The van der Waals surface area contributed by atoms with Crippen LogP contribution in [0.2, 0.25) is 0 Å². The maximum absolute atomic E-state index is 10.5. The lowest BCUT2D eigenvalue weighted by Gasteiger charge is -2.62. The highest BCUT2D eigenvalue weighted by atomic mass is 16.3. The maximum Gasteiger partial charge on any atom is 0.0568 e. The molecule has 0 aromatic carbocycles. The number of aliphatic hydroxyl groups excluding tert-OH is 1. The van der Waals surface area contributed by atoms with E-state index in [2.05, 4.69) is 53.7 Å². The van der Waals surface area contributed by atoms with Gasteiger partial charge in [0.05, 0.1) is 6.10 Å². The summed E-state index contributed by atoms with van der Waals surface area (Å²) in [6.07, 6.45) is 17.2. The number of rotatable bonds is 4. The highest BCUT2D eigenvalue weighted by Gasteiger charge is 2.61. The molecule has 4 aliphatic rings. The van der Waals surface area contributed by atoms with Gasteiger partial charge in [-0.1, -0.05) is 53.7 Å². The Hall–Kier alpha value is -0.300. The van der Waals surface area contributed by atoms with Crippen LogP contribution in [0.25, 0.3) is 0 Å². The summed E-state index contributed by atoms with van der Waals surface area (Å²) in [6, 6.07) is 0. The molecule has 10 atom stereocenters. The van der Waals surface area contributed by atoms with Crippen LogP contribution in [-0.4, -0.2) is 11.2 Å². The van der Waals surface area contributed by atoms with Crippen molar-refractivity contribution in [2.45, 2.75) is 105 Å². The van der Waals surface area contributed by atoms with Crippen molar-refractivity contribution < 1.29 is 5.11 Å². The number of hydrogen-bond acceptors (Lipinski definition) is 1. The second-order valence-electron chi connectivity index (χ2n) is 12.7. The molecule has 0 heterocycles. The first kappa shape index (κ1) is 21.9. The van der Waals surface area contributed by atoms with E-state index >= 15 is 0 Å². The average Bonchev–Trinajstić information content (AvgIpc) is 3.02. The Morgan fingerprint density at radius 3 is 2.24 bits per heavy atom. The fourth-order valence-electron chi connectivity index (χ4n) is 9.31. The normalized spacial score (nSPS) is 51.0. The van der Waals surface area contributed by atoms with E-state index in [1.165, 1.54) is 51.4 Å². The van der Waals surface area contributed by atoms with Crippen molar-refractivity contribution in [2.24, 2.45) is 58.2 Å². The fraction of sp³-hybridized carbons (Fsp3) is 0.929. The van der Waals surface area contributed by atoms with Gasteiger partial charge in [0.25, 0.3) is 0 Å². The molecule has 1 heteroatoms. The van der Waals surface area contributed by atoms with Crippen LogP contribution in [0, 0.1) is 58.2 Å². The molecular weight excluding hydrogens is 352 g/mol. The van der Waals surface area contributed by atoms with Crippen LogP contribution in [0.15, 0.2) is 12.2 Å². The molecule has 0 aromatic rings. The third-order valence-corrected chi connectivity index (χ3v) is 10.9. The van der Waals surface area contributed by atoms with Crippen molar-refractivity contribution in [3.8, 4) is 0 Å². The first-order valence-electron chi connectivity index (χ1n) is 13.0. The summed E-state index contributed by atoms with van der Waals surface area (Å²) >= 11 is 0. The Labute approximate surface area is 181 Å². The molecule has 4 rings (SSSR count). The molecule has 4 fully saturated rings. The molecule has 4 aliphatic carbocycles. The maximum atomic E-state index is 10.5. The molecule has 1 N–H and O–H groups in total. The smallest absolute Gasteiger partial charge is 0.0568 e. The van der Waals surface area contributed by atoms with Crippen molar-refractivity contribution in [3.05, 3.63) is 12.2 Å². The van der Waals surface area contributed by atoms with Crippen molar-refractivity contribution in [1.82, 2.24) is 0 Å². The van der Waals surface area contributed by atoms with Gasteiger partial charge < -0.3 is 5.11 Å². The topological polar surface area (TPSA) is 20.2 Å². The molecule has 0 unspecified atom stereocenters. The number of aliphatic hydroxyl groups is 1. The minimum atomic E-state index is -0.0483. The Morgan fingerprint density at radius 2 is 1.52 bits per heavy atom. The van der Waals surface area contributed by atoms with Gasteiger partial charge in [0.15, 0.2) is 0 Å². The molecule has 29 heavy (non-hydrogen) atoms. The lowest BCUT2D eigenvalue weighted by Crippen LogP contribution is -2.56. The molecule has 4 saturated carbocycles. The third-order valence-electron chi connectivity index (χ3n) is 10.9. The predicted molar refractivity (Wildman–Crippen MR) is 124 cm³/mol.